The molecule has 28 heavy (non-hydrogen) atoms. The van der Waals surface area contributed by atoms with Crippen molar-refractivity contribution < 1.29 is 23.8 Å². The molecule has 0 bridgehead atoms. The van der Waals surface area contributed by atoms with Gasteiger partial charge in [0.1, 0.15) is 17.9 Å². The quantitative estimate of drug-likeness (QED) is 0.778. The molecule has 4 rings (SSSR count). The maximum atomic E-state index is 12.9. The van der Waals surface area contributed by atoms with E-state index in [1.807, 2.05) is 49.4 Å². The van der Waals surface area contributed by atoms with Crippen LogP contribution in [-0.2, 0) is 11.2 Å². The molecule has 0 spiro atoms. The zero-order valence-electron chi connectivity index (χ0n) is 15.9. The molecule has 2 aromatic carbocycles. The SMILES string of the molecule is Cc1ccc(OCCN2C(=O)N[C@@](C)(Cc3ccc4c(c3)OCO4)C2=O)cc1. The molecule has 7 heteroatoms. The van der Waals surface area contributed by atoms with Crippen molar-refractivity contribution in [3.63, 3.8) is 0 Å². The van der Waals surface area contributed by atoms with Crippen molar-refractivity contribution in [1.29, 1.82) is 0 Å². The summed E-state index contributed by atoms with van der Waals surface area (Å²) in [5.74, 6) is 1.79. The highest BCUT2D eigenvalue weighted by Gasteiger charge is 2.47. The predicted molar refractivity (Wildman–Crippen MR) is 102 cm³/mol. The third-order valence-corrected chi connectivity index (χ3v) is 4.94. The van der Waals surface area contributed by atoms with Crippen molar-refractivity contribution in [2.75, 3.05) is 19.9 Å². The first-order valence-electron chi connectivity index (χ1n) is 9.17. The molecule has 1 atom stereocenters. The molecule has 1 saturated heterocycles. The van der Waals surface area contributed by atoms with Gasteiger partial charge in [-0.25, -0.2) is 4.79 Å². The van der Waals surface area contributed by atoms with Crippen LogP contribution in [-0.4, -0.2) is 42.3 Å². The van der Waals surface area contributed by atoms with Gasteiger partial charge >= 0.3 is 6.03 Å². The molecule has 0 saturated carbocycles. The number of carbonyl (C=O) groups is 2. The minimum Gasteiger partial charge on any atom is -0.492 e. The van der Waals surface area contributed by atoms with E-state index in [2.05, 4.69) is 5.32 Å². The van der Waals surface area contributed by atoms with E-state index in [0.29, 0.717) is 23.7 Å². The highest BCUT2D eigenvalue weighted by atomic mass is 16.7. The molecular formula is C21H22N2O5. The van der Waals surface area contributed by atoms with Gasteiger partial charge < -0.3 is 19.5 Å². The van der Waals surface area contributed by atoms with Gasteiger partial charge in [-0.15, -0.1) is 0 Å². The number of aryl methyl sites for hydroxylation is 1. The lowest BCUT2D eigenvalue weighted by Gasteiger charge is -2.22. The lowest BCUT2D eigenvalue weighted by atomic mass is 9.92. The summed E-state index contributed by atoms with van der Waals surface area (Å²) in [6.45, 7) is 4.36. The van der Waals surface area contributed by atoms with Crippen LogP contribution in [0.4, 0.5) is 4.79 Å². The van der Waals surface area contributed by atoms with Crippen LogP contribution in [0.15, 0.2) is 42.5 Å². The molecule has 2 heterocycles. The van der Waals surface area contributed by atoms with E-state index in [1.165, 1.54) is 4.90 Å². The average Bonchev–Trinajstić information content (AvgIpc) is 3.21. The second-order valence-corrected chi connectivity index (χ2v) is 7.24. The number of imide groups is 1. The van der Waals surface area contributed by atoms with Gasteiger partial charge in [-0.1, -0.05) is 23.8 Å². The largest absolute Gasteiger partial charge is 0.492 e. The Morgan fingerprint density at radius 3 is 2.64 bits per heavy atom. The van der Waals surface area contributed by atoms with Gasteiger partial charge in [0.25, 0.3) is 5.91 Å². The molecule has 1 fully saturated rings. The second kappa shape index (κ2) is 7.07. The topological polar surface area (TPSA) is 77.1 Å². The molecule has 146 valence electrons. The Morgan fingerprint density at radius 2 is 1.86 bits per heavy atom. The molecule has 2 aromatic rings. The summed E-state index contributed by atoms with van der Waals surface area (Å²) < 4.78 is 16.3. The van der Waals surface area contributed by atoms with Crippen molar-refractivity contribution in [2.24, 2.45) is 0 Å². The summed E-state index contributed by atoms with van der Waals surface area (Å²) in [7, 11) is 0. The Bertz CT molecular complexity index is 912. The number of urea groups is 1. The smallest absolute Gasteiger partial charge is 0.325 e. The van der Waals surface area contributed by atoms with Crippen molar-refractivity contribution in [3.8, 4) is 17.2 Å². The van der Waals surface area contributed by atoms with Crippen LogP contribution >= 0.6 is 0 Å². The summed E-state index contributed by atoms with van der Waals surface area (Å²) >= 11 is 0. The molecule has 1 N–H and O–H groups in total. The maximum absolute atomic E-state index is 12.9. The normalized spacial score (nSPS) is 20.4. The summed E-state index contributed by atoms with van der Waals surface area (Å²) in [5, 5.41) is 2.81. The number of hydrogen-bond acceptors (Lipinski definition) is 5. The molecular weight excluding hydrogens is 360 g/mol. The lowest BCUT2D eigenvalue weighted by molar-refractivity contribution is -0.131. The molecule has 0 unspecified atom stereocenters. The molecule has 2 aliphatic rings. The molecule has 0 aliphatic carbocycles. The number of fused-ring (bicyclic) bond motifs is 1. The monoisotopic (exact) mass is 382 g/mol. The van der Waals surface area contributed by atoms with E-state index in [9.17, 15) is 9.59 Å². The van der Waals surface area contributed by atoms with E-state index in [1.54, 1.807) is 6.92 Å². The summed E-state index contributed by atoms with van der Waals surface area (Å²) in [6, 6.07) is 12.8. The fourth-order valence-corrected chi connectivity index (χ4v) is 3.42. The van der Waals surface area contributed by atoms with Crippen LogP contribution in [0.2, 0.25) is 0 Å². The fourth-order valence-electron chi connectivity index (χ4n) is 3.42. The van der Waals surface area contributed by atoms with Gasteiger partial charge in [0.2, 0.25) is 6.79 Å². The molecule has 3 amide bonds. The number of carbonyl (C=O) groups excluding carboxylic acids is 2. The van der Waals surface area contributed by atoms with Crippen LogP contribution in [0, 0.1) is 6.92 Å². The fraction of sp³-hybridized carbons (Fsp3) is 0.333. The highest BCUT2D eigenvalue weighted by molar-refractivity contribution is 6.07. The van der Waals surface area contributed by atoms with Crippen LogP contribution in [0.5, 0.6) is 17.2 Å². The second-order valence-electron chi connectivity index (χ2n) is 7.24. The van der Waals surface area contributed by atoms with Gasteiger partial charge in [-0.3, -0.25) is 9.69 Å². The number of benzene rings is 2. The Morgan fingerprint density at radius 1 is 1.11 bits per heavy atom. The minimum absolute atomic E-state index is 0.190. The first-order chi connectivity index (χ1) is 13.4. The van der Waals surface area contributed by atoms with E-state index >= 15 is 0 Å². The van der Waals surface area contributed by atoms with Crippen LogP contribution in [0.1, 0.15) is 18.1 Å². The molecule has 7 nitrogen and oxygen atoms in total. The minimum atomic E-state index is -1.01. The van der Waals surface area contributed by atoms with E-state index in [0.717, 1.165) is 11.1 Å². The van der Waals surface area contributed by atoms with Gasteiger partial charge in [0, 0.05) is 6.42 Å². The van der Waals surface area contributed by atoms with Gasteiger partial charge in [-0.2, -0.15) is 0 Å². The van der Waals surface area contributed by atoms with E-state index in [4.69, 9.17) is 14.2 Å². The van der Waals surface area contributed by atoms with E-state index in [-0.39, 0.29) is 25.9 Å². The number of nitrogens with one attached hydrogen (secondary N) is 1. The Kier molecular flexibility index (Phi) is 4.58. The van der Waals surface area contributed by atoms with Crippen molar-refractivity contribution >= 4 is 11.9 Å². The Hall–Kier alpha value is -3.22. The Balaban J connectivity index is 1.39. The maximum Gasteiger partial charge on any atom is 0.325 e. The number of amides is 3. The summed E-state index contributed by atoms with van der Waals surface area (Å²) in [6.07, 6.45) is 0.365. The van der Waals surface area contributed by atoms with Crippen molar-refractivity contribution in [1.82, 2.24) is 10.2 Å². The van der Waals surface area contributed by atoms with Crippen molar-refractivity contribution in [2.45, 2.75) is 25.8 Å². The first-order valence-corrected chi connectivity index (χ1v) is 9.17. The molecule has 0 aromatic heterocycles. The number of ether oxygens (including phenoxy) is 3. The molecule has 0 radical (unpaired) electrons. The first kappa shape index (κ1) is 18.2. The van der Waals surface area contributed by atoms with E-state index < -0.39 is 11.6 Å². The summed E-state index contributed by atoms with van der Waals surface area (Å²) in [5.41, 5.74) is 1.02. The lowest BCUT2D eigenvalue weighted by Crippen LogP contribution is -2.46. The predicted octanol–water partition coefficient (Wildman–Crippen LogP) is 2.66. The third-order valence-electron chi connectivity index (χ3n) is 4.94. The van der Waals surface area contributed by atoms with Crippen molar-refractivity contribution in [3.05, 3.63) is 53.6 Å². The van der Waals surface area contributed by atoms with Gasteiger partial charge in [0.05, 0.1) is 6.54 Å². The third kappa shape index (κ3) is 3.47. The van der Waals surface area contributed by atoms with Crippen LogP contribution in [0.3, 0.4) is 0 Å². The zero-order chi connectivity index (χ0) is 19.7. The zero-order valence-corrected chi connectivity index (χ0v) is 15.9. The van der Waals surface area contributed by atoms with Gasteiger partial charge in [0.15, 0.2) is 11.5 Å². The van der Waals surface area contributed by atoms with Gasteiger partial charge in [-0.05, 0) is 43.7 Å². The van der Waals surface area contributed by atoms with Crippen LogP contribution in [0.25, 0.3) is 0 Å². The number of nitrogens with zero attached hydrogens (tertiary/aromatic N) is 1. The van der Waals surface area contributed by atoms with Crippen LogP contribution < -0.4 is 19.5 Å². The highest BCUT2D eigenvalue weighted by Crippen LogP contribution is 2.34. The Labute approximate surface area is 163 Å². The number of hydrogen-bond donors (Lipinski definition) is 1. The summed E-state index contributed by atoms with van der Waals surface area (Å²) in [4.78, 5) is 26.5. The average molecular weight is 382 g/mol. The molecule has 2 aliphatic heterocycles. The standard InChI is InChI=1S/C21H22N2O5/c1-14-3-6-16(7-4-14)26-10-9-23-19(24)21(2,22-20(23)25)12-15-5-8-17-18(11-15)28-13-27-17/h3-8,11H,9-10,12-13H2,1-2H3,(H,22,25)/t21-/m0/s1. The number of rotatable bonds is 6.